The highest BCUT2D eigenvalue weighted by Crippen LogP contribution is 2.35. The van der Waals surface area contributed by atoms with Crippen LogP contribution in [0, 0.1) is 0 Å². The number of rotatable bonds is 3. The molecule has 0 saturated carbocycles. The fourth-order valence-electron chi connectivity index (χ4n) is 2.04. The molecule has 2 heterocycles. The number of benzene rings is 1. The normalized spacial score (nSPS) is 11.8. The van der Waals surface area contributed by atoms with Crippen LogP contribution < -0.4 is 0 Å². The molecule has 3 rings (SSSR count). The van der Waals surface area contributed by atoms with Gasteiger partial charge in [-0.15, -0.1) is 0 Å². The maximum absolute atomic E-state index is 12.9. The van der Waals surface area contributed by atoms with Crippen molar-refractivity contribution in [1.29, 1.82) is 0 Å². The molecule has 22 heavy (non-hydrogen) atoms. The van der Waals surface area contributed by atoms with Gasteiger partial charge in [-0.1, -0.05) is 11.6 Å². The Labute approximate surface area is 128 Å². The average Bonchev–Trinajstić information content (AvgIpc) is 3.10. The zero-order valence-electron chi connectivity index (χ0n) is 11.1. The number of nitrogens with zero attached hydrogens (tertiary/aromatic N) is 4. The van der Waals surface area contributed by atoms with Crippen molar-refractivity contribution in [3.05, 3.63) is 65.7 Å². The summed E-state index contributed by atoms with van der Waals surface area (Å²) in [7, 11) is 0. The summed E-state index contributed by atoms with van der Waals surface area (Å²) < 4.78 is 42.0. The third kappa shape index (κ3) is 2.99. The van der Waals surface area contributed by atoms with Crippen LogP contribution in [0.4, 0.5) is 13.2 Å². The molecule has 0 spiro atoms. The highest BCUT2D eigenvalue weighted by Gasteiger charge is 2.33. The molecule has 0 amide bonds. The quantitative estimate of drug-likeness (QED) is 0.734. The molecule has 0 saturated heterocycles. The predicted octanol–water partition coefficient (Wildman–Crippen LogP) is 3.79. The van der Waals surface area contributed by atoms with Crippen molar-refractivity contribution in [2.45, 2.75) is 12.7 Å². The van der Waals surface area contributed by atoms with Crippen molar-refractivity contribution >= 4 is 11.6 Å². The van der Waals surface area contributed by atoms with Crippen molar-refractivity contribution in [1.82, 2.24) is 19.1 Å². The molecule has 4 nitrogen and oxygen atoms in total. The molecule has 0 fully saturated rings. The van der Waals surface area contributed by atoms with Crippen molar-refractivity contribution in [3.8, 4) is 5.69 Å². The lowest BCUT2D eigenvalue weighted by Crippen LogP contribution is -2.07. The van der Waals surface area contributed by atoms with Gasteiger partial charge in [0, 0.05) is 24.3 Å². The van der Waals surface area contributed by atoms with E-state index in [0.717, 1.165) is 6.07 Å². The Morgan fingerprint density at radius 3 is 2.68 bits per heavy atom. The van der Waals surface area contributed by atoms with Gasteiger partial charge < -0.3 is 9.13 Å². The van der Waals surface area contributed by atoms with Gasteiger partial charge in [-0.25, -0.2) is 9.97 Å². The first-order valence-electron chi connectivity index (χ1n) is 6.29. The molecule has 0 aliphatic heterocycles. The Morgan fingerprint density at radius 2 is 2.00 bits per heavy atom. The standard InChI is InChI=1S/C14H10ClF3N4/c15-13-2-1-11(5-12(13)14(16,17)18)22-7-10(20-9-22)6-21-4-3-19-8-21/h1-5,7-9H,6H2. The van der Waals surface area contributed by atoms with E-state index in [1.165, 1.54) is 23.0 Å². The lowest BCUT2D eigenvalue weighted by atomic mass is 10.2. The lowest BCUT2D eigenvalue weighted by Gasteiger charge is -2.11. The van der Waals surface area contributed by atoms with E-state index in [0.29, 0.717) is 17.9 Å². The van der Waals surface area contributed by atoms with Gasteiger partial charge in [0.1, 0.15) is 0 Å². The molecule has 3 aromatic rings. The maximum Gasteiger partial charge on any atom is 0.417 e. The second kappa shape index (κ2) is 5.49. The summed E-state index contributed by atoms with van der Waals surface area (Å²) in [5.74, 6) is 0. The van der Waals surface area contributed by atoms with Crippen LogP contribution in [0.3, 0.4) is 0 Å². The Balaban J connectivity index is 1.90. The topological polar surface area (TPSA) is 35.6 Å². The van der Waals surface area contributed by atoms with Crippen LogP contribution >= 0.6 is 11.6 Å². The Hall–Kier alpha value is -2.28. The van der Waals surface area contributed by atoms with E-state index in [9.17, 15) is 13.2 Å². The number of hydrogen-bond donors (Lipinski definition) is 0. The number of alkyl halides is 3. The minimum atomic E-state index is -4.49. The van der Waals surface area contributed by atoms with E-state index in [2.05, 4.69) is 9.97 Å². The van der Waals surface area contributed by atoms with Gasteiger partial charge in [0.25, 0.3) is 0 Å². The monoisotopic (exact) mass is 326 g/mol. The second-order valence-corrected chi connectivity index (χ2v) is 5.08. The summed E-state index contributed by atoms with van der Waals surface area (Å²) in [6.07, 6.45) is 3.71. The van der Waals surface area contributed by atoms with E-state index in [4.69, 9.17) is 11.6 Å². The van der Waals surface area contributed by atoms with Gasteiger partial charge in [-0.05, 0) is 18.2 Å². The van der Waals surface area contributed by atoms with Crippen LogP contribution in [0.2, 0.25) is 5.02 Å². The zero-order chi connectivity index (χ0) is 15.7. The van der Waals surface area contributed by atoms with Crippen LogP contribution in [0.1, 0.15) is 11.3 Å². The summed E-state index contributed by atoms with van der Waals surface area (Å²) in [5.41, 5.74) is 0.194. The van der Waals surface area contributed by atoms with Crippen molar-refractivity contribution < 1.29 is 13.2 Å². The second-order valence-electron chi connectivity index (χ2n) is 4.67. The van der Waals surface area contributed by atoms with Gasteiger partial charge in [0.15, 0.2) is 0 Å². The Kier molecular flexibility index (Phi) is 3.66. The zero-order valence-corrected chi connectivity index (χ0v) is 11.9. The molecular formula is C14H10ClF3N4. The predicted molar refractivity (Wildman–Crippen MR) is 74.9 cm³/mol. The van der Waals surface area contributed by atoms with Crippen molar-refractivity contribution in [2.75, 3.05) is 0 Å². The molecule has 1 aromatic carbocycles. The molecule has 0 aliphatic carbocycles. The third-order valence-corrected chi connectivity index (χ3v) is 3.42. The molecule has 0 N–H and O–H groups in total. The first-order valence-corrected chi connectivity index (χ1v) is 6.67. The SMILES string of the molecule is FC(F)(F)c1cc(-n2cnc(Cn3ccnc3)c2)ccc1Cl. The molecule has 0 radical (unpaired) electrons. The summed E-state index contributed by atoms with van der Waals surface area (Å²) >= 11 is 5.61. The fourth-order valence-corrected chi connectivity index (χ4v) is 2.27. The van der Waals surface area contributed by atoms with Crippen LogP contribution in [-0.4, -0.2) is 19.1 Å². The average molecular weight is 327 g/mol. The third-order valence-electron chi connectivity index (χ3n) is 3.09. The highest BCUT2D eigenvalue weighted by molar-refractivity contribution is 6.31. The molecule has 8 heteroatoms. The first kappa shape index (κ1) is 14.6. The van der Waals surface area contributed by atoms with E-state index in [1.807, 2.05) is 4.57 Å². The molecule has 0 atom stereocenters. The van der Waals surface area contributed by atoms with Crippen LogP contribution in [-0.2, 0) is 12.7 Å². The molecule has 0 aliphatic rings. The lowest BCUT2D eigenvalue weighted by molar-refractivity contribution is -0.137. The minimum Gasteiger partial charge on any atom is -0.331 e. The first-order chi connectivity index (χ1) is 10.4. The smallest absolute Gasteiger partial charge is 0.331 e. The molecule has 0 unspecified atom stereocenters. The van der Waals surface area contributed by atoms with E-state index in [-0.39, 0.29) is 5.02 Å². The van der Waals surface area contributed by atoms with Crippen LogP contribution in [0.5, 0.6) is 0 Å². The molecule has 114 valence electrons. The van der Waals surface area contributed by atoms with Crippen molar-refractivity contribution in [3.63, 3.8) is 0 Å². The number of imidazole rings is 2. The van der Waals surface area contributed by atoms with Crippen LogP contribution in [0.25, 0.3) is 5.69 Å². The van der Waals surface area contributed by atoms with Crippen molar-refractivity contribution in [2.24, 2.45) is 0 Å². The minimum absolute atomic E-state index is 0.324. The van der Waals surface area contributed by atoms with Crippen LogP contribution in [0.15, 0.2) is 49.4 Å². The largest absolute Gasteiger partial charge is 0.417 e. The van der Waals surface area contributed by atoms with Gasteiger partial charge in [-0.2, -0.15) is 13.2 Å². The van der Waals surface area contributed by atoms with E-state index >= 15 is 0 Å². The molecular weight excluding hydrogens is 317 g/mol. The summed E-state index contributed by atoms with van der Waals surface area (Å²) in [4.78, 5) is 8.10. The van der Waals surface area contributed by atoms with E-state index in [1.54, 1.807) is 24.9 Å². The highest BCUT2D eigenvalue weighted by atomic mass is 35.5. The summed E-state index contributed by atoms with van der Waals surface area (Å²) in [6.45, 7) is 0.493. The molecule has 2 aromatic heterocycles. The van der Waals surface area contributed by atoms with Gasteiger partial charge in [-0.3, -0.25) is 0 Å². The number of hydrogen-bond acceptors (Lipinski definition) is 2. The summed E-state index contributed by atoms with van der Waals surface area (Å²) in [5, 5.41) is -0.324. The Morgan fingerprint density at radius 1 is 1.18 bits per heavy atom. The summed E-state index contributed by atoms with van der Waals surface area (Å²) in [6, 6.07) is 3.75. The van der Waals surface area contributed by atoms with Gasteiger partial charge in [0.05, 0.1) is 35.5 Å². The van der Waals surface area contributed by atoms with Gasteiger partial charge >= 0.3 is 6.18 Å². The Bertz CT molecular complexity index is 778. The number of halogens is 4. The number of aromatic nitrogens is 4. The van der Waals surface area contributed by atoms with Gasteiger partial charge in [0.2, 0.25) is 0 Å². The molecule has 0 bridgehead atoms. The van der Waals surface area contributed by atoms with E-state index < -0.39 is 11.7 Å². The maximum atomic E-state index is 12.9. The fraction of sp³-hybridized carbons (Fsp3) is 0.143.